The molecule has 39 heavy (non-hydrogen) atoms. The molecule has 4 heterocycles. The van der Waals surface area contributed by atoms with E-state index in [1.165, 1.54) is 15.7 Å². The summed E-state index contributed by atoms with van der Waals surface area (Å²) in [6, 6.07) is 17.3. The number of halogens is 1. The van der Waals surface area contributed by atoms with E-state index < -0.39 is 23.0 Å². The van der Waals surface area contributed by atoms with Crippen LogP contribution in [0.5, 0.6) is 5.75 Å². The van der Waals surface area contributed by atoms with Gasteiger partial charge in [-0.2, -0.15) is 0 Å². The number of ether oxygens (including phenoxy) is 1. The number of fused-ring (bicyclic) bond motifs is 2. The van der Waals surface area contributed by atoms with Crippen molar-refractivity contribution in [3.63, 3.8) is 0 Å². The summed E-state index contributed by atoms with van der Waals surface area (Å²) in [7, 11) is 1.55. The van der Waals surface area contributed by atoms with Crippen LogP contribution in [0.25, 0.3) is 0 Å². The summed E-state index contributed by atoms with van der Waals surface area (Å²) < 4.78 is 13.1. The fourth-order valence-electron chi connectivity index (χ4n) is 4.89. The highest BCUT2D eigenvalue weighted by Gasteiger charge is 2.57. The van der Waals surface area contributed by atoms with E-state index in [4.69, 9.17) is 9.15 Å². The van der Waals surface area contributed by atoms with Crippen LogP contribution < -0.4 is 19.8 Å². The van der Waals surface area contributed by atoms with Gasteiger partial charge in [0.05, 0.1) is 40.8 Å². The number of imide groups is 1. The van der Waals surface area contributed by atoms with E-state index in [0.717, 1.165) is 27.6 Å². The first kappa shape index (κ1) is 25.7. The third kappa shape index (κ3) is 4.52. The van der Waals surface area contributed by atoms with E-state index in [0.29, 0.717) is 32.8 Å². The van der Waals surface area contributed by atoms with Gasteiger partial charge in [-0.3, -0.25) is 23.7 Å². The van der Waals surface area contributed by atoms with E-state index in [2.05, 4.69) is 21.2 Å². The molecule has 0 unspecified atom stereocenters. The molecule has 2 aromatic carbocycles. The van der Waals surface area contributed by atoms with Gasteiger partial charge in [0.1, 0.15) is 23.3 Å². The maximum Gasteiger partial charge on any atom is 0.308 e. The number of anilines is 2. The van der Waals surface area contributed by atoms with Gasteiger partial charge in [-0.25, -0.2) is 4.90 Å². The summed E-state index contributed by atoms with van der Waals surface area (Å²) in [6.07, 6.45) is 1.50. The van der Waals surface area contributed by atoms with E-state index in [9.17, 15) is 19.2 Å². The normalized spacial score (nSPS) is 20.1. The number of rotatable bonds is 6. The van der Waals surface area contributed by atoms with Gasteiger partial charge in [0, 0.05) is 10.2 Å². The highest BCUT2D eigenvalue weighted by Crippen LogP contribution is 2.53. The molecule has 9 nitrogen and oxygen atoms in total. The summed E-state index contributed by atoms with van der Waals surface area (Å²) in [5, 5.41) is 2.50. The number of benzene rings is 2. The molecule has 4 aromatic rings. The van der Waals surface area contributed by atoms with Crippen molar-refractivity contribution in [3.05, 3.63) is 91.7 Å². The number of nitrogens with zero attached hydrogens (tertiary/aromatic N) is 2. The zero-order valence-electron chi connectivity index (χ0n) is 20.3. The Kier molecular flexibility index (Phi) is 6.69. The number of methoxy groups -OCH3 is 1. The van der Waals surface area contributed by atoms with E-state index in [-0.39, 0.29) is 23.2 Å². The second-order valence-corrected chi connectivity index (χ2v) is 12.0. The summed E-state index contributed by atoms with van der Waals surface area (Å²) in [5.74, 6) is -1.37. The minimum Gasteiger partial charge on any atom is -0.497 e. The predicted molar refractivity (Wildman–Crippen MR) is 151 cm³/mol. The van der Waals surface area contributed by atoms with Crippen molar-refractivity contribution in [1.29, 1.82) is 0 Å². The molecular formula is C27H20BrN3O6S2. The minimum absolute atomic E-state index is 0.246. The average Bonchev–Trinajstić information content (AvgIpc) is 3.63. The number of hydrogen-bond acceptors (Lipinski definition) is 8. The number of furan rings is 1. The lowest BCUT2D eigenvalue weighted by atomic mass is 9.87. The number of carbonyl (C=O) groups excluding carboxylic acids is 3. The highest BCUT2D eigenvalue weighted by atomic mass is 79.9. The molecule has 12 heteroatoms. The number of nitrogens with one attached hydrogen (secondary N) is 1. The SMILES string of the molecule is COc1ccc(NC(=O)Cn2c3c(sc2=O)[C@@H](c2ccco2)[C@@H]2C(=O)N(c4ccc(Br)cc4)C(=O)[C@@H]2S3)cc1. The van der Waals surface area contributed by atoms with Gasteiger partial charge in [-0.1, -0.05) is 39.0 Å². The number of hydrogen-bond donors (Lipinski definition) is 1. The molecule has 6 rings (SSSR count). The maximum absolute atomic E-state index is 13.8. The number of carbonyl (C=O) groups is 3. The fraction of sp³-hybridized carbons (Fsp3) is 0.185. The van der Waals surface area contributed by atoms with Crippen LogP contribution in [0.3, 0.4) is 0 Å². The summed E-state index contributed by atoms with van der Waals surface area (Å²) in [4.78, 5) is 55.0. The Morgan fingerprint density at radius 2 is 1.79 bits per heavy atom. The molecule has 0 bridgehead atoms. The molecule has 0 spiro atoms. The topological polar surface area (TPSA) is 111 Å². The van der Waals surface area contributed by atoms with Crippen LogP contribution in [0.2, 0.25) is 0 Å². The summed E-state index contributed by atoms with van der Waals surface area (Å²) in [5.41, 5.74) is 1.03. The molecule has 198 valence electrons. The number of amides is 3. The number of thioether (sulfide) groups is 1. The molecule has 2 aromatic heterocycles. The van der Waals surface area contributed by atoms with Crippen LogP contribution in [-0.2, 0) is 20.9 Å². The Bertz CT molecular complexity index is 1630. The van der Waals surface area contributed by atoms with Gasteiger partial charge in [0.2, 0.25) is 17.7 Å². The predicted octanol–water partition coefficient (Wildman–Crippen LogP) is 4.71. The monoisotopic (exact) mass is 625 g/mol. The quantitative estimate of drug-likeness (QED) is 0.309. The van der Waals surface area contributed by atoms with Gasteiger partial charge in [-0.15, -0.1) is 0 Å². The van der Waals surface area contributed by atoms with E-state index >= 15 is 0 Å². The van der Waals surface area contributed by atoms with Crippen molar-refractivity contribution in [2.45, 2.75) is 22.7 Å². The lowest BCUT2D eigenvalue weighted by molar-refractivity contribution is -0.122. The molecular weight excluding hydrogens is 606 g/mol. The van der Waals surface area contributed by atoms with Gasteiger partial charge in [0.15, 0.2) is 0 Å². The second-order valence-electron chi connectivity index (χ2n) is 8.95. The Morgan fingerprint density at radius 3 is 2.46 bits per heavy atom. The largest absolute Gasteiger partial charge is 0.497 e. The van der Waals surface area contributed by atoms with Gasteiger partial charge in [-0.05, 0) is 60.7 Å². The van der Waals surface area contributed by atoms with Gasteiger partial charge >= 0.3 is 4.87 Å². The van der Waals surface area contributed by atoms with Crippen LogP contribution in [0.1, 0.15) is 16.6 Å². The molecule has 2 aliphatic heterocycles. The summed E-state index contributed by atoms with van der Waals surface area (Å²) in [6.45, 7) is -0.246. The Labute approximate surface area is 238 Å². The number of thiazole rings is 1. The molecule has 3 amide bonds. The molecule has 1 saturated heterocycles. The molecule has 1 N–H and O–H groups in total. The zero-order valence-corrected chi connectivity index (χ0v) is 23.5. The molecule has 1 fully saturated rings. The maximum atomic E-state index is 13.8. The van der Waals surface area contributed by atoms with Crippen molar-refractivity contribution >= 4 is 68.1 Å². The van der Waals surface area contributed by atoms with E-state index in [1.807, 2.05) is 0 Å². The van der Waals surface area contributed by atoms with Crippen molar-refractivity contribution < 1.29 is 23.5 Å². The Morgan fingerprint density at radius 1 is 1.05 bits per heavy atom. The third-order valence-electron chi connectivity index (χ3n) is 6.66. The smallest absolute Gasteiger partial charge is 0.308 e. The van der Waals surface area contributed by atoms with Crippen molar-refractivity contribution in [2.75, 3.05) is 17.3 Å². The van der Waals surface area contributed by atoms with Crippen molar-refractivity contribution in [2.24, 2.45) is 5.92 Å². The van der Waals surface area contributed by atoms with Crippen LogP contribution in [0.15, 0.2) is 85.6 Å². The second kappa shape index (κ2) is 10.2. The first-order valence-corrected chi connectivity index (χ1v) is 14.4. The molecule has 0 saturated carbocycles. The van der Waals surface area contributed by atoms with Gasteiger partial charge in [0.25, 0.3) is 0 Å². The number of aromatic nitrogens is 1. The highest BCUT2D eigenvalue weighted by molar-refractivity contribution is 9.10. The molecule has 0 radical (unpaired) electrons. The molecule has 0 aliphatic carbocycles. The molecule has 2 aliphatic rings. The third-order valence-corrected chi connectivity index (χ3v) is 9.79. The van der Waals surface area contributed by atoms with Crippen molar-refractivity contribution in [3.8, 4) is 5.75 Å². The average molecular weight is 627 g/mol. The van der Waals surface area contributed by atoms with Crippen LogP contribution in [0.4, 0.5) is 11.4 Å². The Hall–Kier alpha value is -3.61. The Balaban J connectivity index is 1.35. The van der Waals surface area contributed by atoms with Crippen LogP contribution in [-0.4, -0.2) is 34.6 Å². The lowest BCUT2D eigenvalue weighted by Gasteiger charge is -2.29. The lowest BCUT2D eigenvalue weighted by Crippen LogP contribution is -2.32. The van der Waals surface area contributed by atoms with Crippen molar-refractivity contribution in [1.82, 2.24) is 4.57 Å². The standard InChI is InChI=1S/C27H20BrN3O6S2/c1-36-17-10-6-15(7-11-17)29-19(32)13-30-26-23(39-27(30)35)20(18-3-2-12-37-18)21-22(38-26)25(34)31(24(21)33)16-8-4-14(28)5-9-16/h2-12,20-22H,13H2,1H3,(H,29,32)/t20-,21-,22+/m0/s1. The molecule has 3 atom stereocenters. The van der Waals surface area contributed by atoms with Crippen LogP contribution >= 0.6 is 39.0 Å². The van der Waals surface area contributed by atoms with Gasteiger partial charge < -0.3 is 14.5 Å². The van der Waals surface area contributed by atoms with E-state index in [1.54, 1.807) is 67.8 Å². The first-order chi connectivity index (χ1) is 18.9. The fourth-order valence-corrected chi connectivity index (χ4v) is 7.91. The van der Waals surface area contributed by atoms with Crippen LogP contribution in [0, 0.1) is 5.92 Å². The minimum atomic E-state index is -0.784. The summed E-state index contributed by atoms with van der Waals surface area (Å²) >= 11 is 5.51. The zero-order chi connectivity index (χ0) is 27.3. The first-order valence-electron chi connectivity index (χ1n) is 11.9.